The van der Waals surface area contributed by atoms with E-state index in [2.05, 4.69) is 48.5 Å². The molecule has 0 amide bonds. The SMILES string of the molecule is CC1(C)CCC(Nc2ccccc2-n2cccn2)C1. The van der Waals surface area contributed by atoms with Crippen LogP contribution in [0.3, 0.4) is 0 Å². The number of nitrogens with one attached hydrogen (secondary N) is 1. The number of para-hydroxylation sites is 2. The number of rotatable bonds is 3. The molecule has 0 spiro atoms. The average Bonchev–Trinajstić information content (AvgIpc) is 3.00. The molecule has 1 atom stereocenters. The van der Waals surface area contributed by atoms with Crippen LogP contribution in [-0.4, -0.2) is 15.8 Å². The standard InChI is InChI=1S/C16H21N3/c1-16(2)9-8-13(12-16)18-14-6-3-4-7-15(14)19-11-5-10-17-19/h3-7,10-11,13,18H,8-9,12H2,1-2H3. The molecule has 0 saturated heterocycles. The highest BCUT2D eigenvalue weighted by molar-refractivity contribution is 5.61. The molecule has 0 radical (unpaired) electrons. The van der Waals surface area contributed by atoms with Gasteiger partial charge in [0.25, 0.3) is 0 Å². The molecule has 0 aliphatic heterocycles. The zero-order valence-corrected chi connectivity index (χ0v) is 11.6. The summed E-state index contributed by atoms with van der Waals surface area (Å²) in [6, 6.07) is 10.9. The third-order valence-electron chi connectivity index (χ3n) is 3.98. The summed E-state index contributed by atoms with van der Waals surface area (Å²) in [7, 11) is 0. The van der Waals surface area contributed by atoms with Crippen molar-refractivity contribution in [2.75, 3.05) is 5.32 Å². The lowest BCUT2D eigenvalue weighted by Crippen LogP contribution is -2.18. The van der Waals surface area contributed by atoms with E-state index in [1.807, 2.05) is 23.1 Å². The molecule has 1 heterocycles. The summed E-state index contributed by atoms with van der Waals surface area (Å²) < 4.78 is 1.92. The van der Waals surface area contributed by atoms with Gasteiger partial charge in [0.15, 0.2) is 0 Å². The van der Waals surface area contributed by atoms with Crippen LogP contribution in [-0.2, 0) is 0 Å². The van der Waals surface area contributed by atoms with Crippen LogP contribution in [0.1, 0.15) is 33.1 Å². The Morgan fingerprint density at radius 1 is 1.26 bits per heavy atom. The second-order valence-corrected chi connectivity index (χ2v) is 6.22. The van der Waals surface area contributed by atoms with Gasteiger partial charge in [-0.05, 0) is 42.9 Å². The predicted octanol–water partition coefficient (Wildman–Crippen LogP) is 3.86. The Morgan fingerprint density at radius 3 is 2.79 bits per heavy atom. The van der Waals surface area contributed by atoms with Gasteiger partial charge >= 0.3 is 0 Å². The van der Waals surface area contributed by atoms with Crippen molar-refractivity contribution >= 4 is 5.69 Å². The second-order valence-electron chi connectivity index (χ2n) is 6.22. The van der Waals surface area contributed by atoms with Gasteiger partial charge in [-0.25, -0.2) is 4.68 Å². The highest BCUT2D eigenvalue weighted by atomic mass is 15.3. The van der Waals surface area contributed by atoms with Crippen molar-refractivity contribution in [1.82, 2.24) is 9.78 Å². The Balaban J connectivity index is 1.82. The summed E-state index contributed by atoms with van der Waals surface area (Å²) in [6.45, 7) is 4.71. The maximum Gasteiger partial charge on any atom is 0.0876 e. The van der Waals surface area contributed by atoms with Crippen LogP contribution in [0.2, 0.25) is 0 Å². The van der Waals surface area contributed by atoms with Gasteiger partial charge in [-0.3, -0.25) is 0 Å². The Kier molecular flexibility index (Phi) is 3.05. The van der Waals surface area contributed by atoms with Crippen LogP contribution >= 0.6 is 0 Å². The molecule has 3 nitrogen and oxygen atoms in total. The van der Waals surface area contributed by atoms with Crippen molar-refractivity contribution in [2.45, 2.75) is 39.2 Å². The Hall–Kier alpha value is -1.77. The number of hydrogen-bond acceptors (Lipinski definition) is 2. The molecule has 3 rings (SSSR count). The molecule has 1 aromatic carbocycles. The summed E-state index contributed by atoms with van der Waals surface area (Å²) in [5.74, 6) is 0. The maximum atomic E-state index is 4.33. The van der Waals surface area contributed by atoms with E-state index in [9.17, 15) is 0 Å². The normalized spacial score (nSPS) is 21.5. The quantitative estimate of drug-likeness (QED) is 0.902. The van der Waals surface area contributed by atoms with Crippen LogP contribution in [0.5, 0.6) is 0 Å². The summed E-state index contributed by atoms with van der Waals surface area (Å²) in [5.41, 5.74) is 2.77. The molecule has 3 heteroatoms. The minimum absolute atomic E-state index is 0.471. The molecule has 1 saturated carbocycles. The van der Waals surface area contributed by atoms with Crippen molar-refractivity contribution in [1.29, 1.82) is 0 Å². The molecule has 1 aliphatic carbocycles. The Labute approximate surface area is 114 Å². The third kappa shape index (κ3) is 2.65. The minimum Gasteiger partial charge on any atom is -0.381 e. The molecule has 1 aromatic heterocycles. The fraction of sp³-hybridized carbons (Fsp3) is 0.438. The van der Waals surface area contributed by atoms with E-state index in [-0.39, 0.29) is 0 Å². The van der Waals surface area contributed by atoms with E-state index in [1.165, 1.54) is 24.9 Å². The van der Waals surface area contributed by atoms with Gasteiger partial charge in [0, 0.05) is 18.4 Å². The third-order valence-corrected chi connectivity index (χ3v) is 3.98. The minimum atomic E-state index is 0.471. The number of aromatic nitrogens is 2. The van der Waals surface area contributed by atoms with Crippen molar-refractivity contribution < 1.29 is 0 Å². The maximum absolute atomic E-state index is 4.33. The fourth-order valence-electron chi connectivity index (χ4n) is 2.99. The highest BCUT2D eigenvalue weighted by Gasteiger charge is 2.31. The zero-order chi connectivity index (χ0) is 13.3. The van der Waals surface area contributed by atoms with Crippen LogP contribution in [0.25, 0.3) is 5.69 Å². The summed E-state index contributed by atoms with van der Waals surface area (Å²) >= 11 is 0. The van der Waals surface area contributed by atoms with E-state index in [0.717, 1.165) is 5.69 Å². The molecule has 2 aromatic rings. The first-order valence-electron chi connectivity index (χ1n) is 7.00. The largest absolute Gasteiger partial charge is 0.381 e. The summed E-state index contributed by atoms with van der Waals surface area (Å²) in [5, 5.41) is 8.02. The Bertz CT molecular complexity index is 543. The van der Waals surface area contributed by atoms with E-state index < -0.39 is 0 Å². The first-order chi connectivity index (χ1) is 9.14. The molecule has 100 valence electrons. The van der Waals surface area contributed by atoms with Gasteiger partial charge in [0.05, 0.1) is 11.4 Å². The van der Waals surface area contributed by atoms with Gasteiger partial charge in [-0.1, -0.05) is 26.0 Å². The molecule has 1 unspecified atom stereocenters. The summed E-state index contributed by atoms with van der Waals surface area (Å²) in [6.07, 6.45) is 7.59. The fourth-order valence-corrected chi connectivity index (χ4v) is 2.99. The molecule has 0 bridgehead atoms. The lowest BCUT2D eigenvalue weighted by Gasteiger charge is -2.20. The lowest BCUT2D eigenvalue weighted by molar-refractivity contribution is 0.378. The predicted molar refractivity (Wildman–Crippen MR) is 78.6 cm³/mol. The number of anilines is 1. The number of benzene rings is 1. The van der Waals surface area contributed by atoms with Crippen LogP contribution < -0.4 is 5.32 Å². The molecule has 1 N–H and O–H groups in total. The van der Waals surface area contributed by atoms with Gasteiger partial charge in [-0.2, -0.15) is 5.10 Å². The van der Waals surface area contributed by atoms with Gasteiger partial charge in [0.2, 0.25) is 0 Å². The first kappa shape index (κ1) is 12.3. The van der Waals surface area contributed by atoms with Gasteiger partial charge in [0.1, 0.15) is 0 Å². The van der Waals surface area contributed by atoms with Crippen LogP contribution in [0.15, 0.2) is 42.7 Å². The number of hydrogen-bond donors (Lipinski definition) is 1. The smallest absolute Gasteiger partial charge is 0.0876 e. The molecular formula is C16H21N3. The Morgan fingerprint density at radius 2 is 2.11 bits per heavy atom. The van der Waals surface area contributed by atoms with Gasteiger partial charge in [-0.15, -0.1) is 0 Å². The molecule has 1 aliphatic rings. The van der Waals surface area contributed by atoms with E-state index in [0.29, 0.717) is 11.5 Å². The molecule has 19 heavy (non-hydrogen) atoms. The first-order valence-corrected chi connectivity index (χ1v) is 7.00. The van der Waals surface area contributed by atoms with Crippen molar-refractivity contribution in [2.24, 2.45) is 5.41 Å². The van der Waals surface area contributed by atoms with Gasteiger partial charge < -0.3 is 5.32 Å². The zero-order valence-electron chi connectivity index (χ0n) is 11.6. The summed E-state index contributed by atoms with van der Waals surface area (Å²) in [4.78, 5) is 0. The van der Waals surface area contributed by atoms with E-state index in [1.54, 1.807) is 0 Å². The monoisotopic (exact) mass is 255 g/mol. The topological polar surface area (TPSA) is 29.9 Å². The highest BCUT2D eigenvalue weighted by Crippen LogP contribution is 2.38. The lowest BCUT2D eigenvalue weighted by atomic mass is 9.92. The van der Waals surface area contributed by atoms with Crippen molar-refractivity contribution in [3.8, 4) is 5.69 Å². The van der Waals surface area contributed by atoms with Crippen molar-refractivity contribution in [3.05, 3.63) is 42.7 Å². The van der Waals surface area contributed by atoms with Crippen LogP contribution in [0.4, 0.5) is 5.69 Å². The molecular weight excluding hydrogens is 234 g/mol. The van der Waals surface area contributed by atoms with Crippen molar-refractivity contribution in [3.63, 3.8) is 0 Å². The molecule has 1 fully saturated rings. The van der Waals surface area contributed by atoms with E-state index in [4.69, 9.17) is 0 Å². The average molecular weight is 255 g/mol. The number of nitrogens with zero attached hydrogens (tertiary/aromatic N) is 2. The van der Waals surface area contributed by atoms with Crippen LogP contribution in [0, 0.1) is 5.41 Å². The second kappa shape index (κ2) is 4.72. The van der Waals surface area contributed by atoms with E-state index >= 15 is 0 Å².